The molecule has 0 aliphatic carbocycles. The van der Waals surface area contributed by atoms with Crippen LogP contribution >= 0.6 is 0 Å². The van der Waals surface area contributed by atoms with Crippen molar-refractivity contribution < 1.29 is 9.47 Å². The number of aryl methyl sites for hydroxylation is 1. The van der Waals surface area contributed by atoms with Gasteiger partial charge >= 0.3 is 0 Å². The lowest BCUT2D eigenvalue weighted by molar-refractivity contribution is 0.355. The predicted molar refractivity (Wildman–Crippen MR) is 87.1 cm³/mol. The summed E-state index contributed by atoms with van der Waals surface area (Å²) in [6.45, 7) is 1.95. The monoisotopic (exact) mass is 295 g/mol. The van der Waals surface area contributed by atoms with Crippen LogP contribution in [0.4, 0.5) is 11.5 Å². The van der Waals surface area contributed by atoms with Gasteiger partial charge in [-0.05, 0) is 19.1 Å². The summed E-state index contributed by atoms with van der Waals surface area (Å²) in [5.41, 5.74) is 1.77. The van der Waals surface area contributed by atoms with E-state index in [1.807, 2.05) is 49.4 Å². The molecule has 5 nitrogen and oxygen atoms in total. The number of benzene rings is 2. The first-order valence-corrected chi connectivity index (χ1v) is 6.94. The quantitative estimate of drug-likeness (QED) is 0.795. The van der Waals surface area contributed by atoms with Gasteiger partial charge in [0.15, 0.2) is 17.3 Å². The van der Waals surface area contributed by atoms with Gasteiger partial charge in [0.1, 0.15) is 0 Å². The van der Waals surface area contributed by atoms with Gasteiger partial charge < -0.3 is 14.8 Å². The van der Waals surface area contributed by atoms with Crippen LogP contribution in [0.2, 0.25) is 0 Å². The molecule has 1 heterocycles. The fourth-order valence-electron chi connectivity index (χ4n) is 2.38. The minimum Gasteiger partial charge on any atom is -0.493 e. The highest BCUT2D eigenvalue weighted by Crippen LogP contribution is 2.32. The minimum absolute atomic E-state index is 0.664. The van der Waals surface area contributed by atoms with E-state index in [0.29, 0.717) is 17.3 Å². The first-order chi connectivity index (χ1) is 10.7. The number of aromatic nitrogens is 2. The van der Waals surface area contributed by atoms with Crippen LogP contribution in [0.15, 0.2) is 42.5 Å². The standard InChI is InChI=1S/C17H17N3O2/c1-11-13-6-4-5-7-14(13)17(20-19-11)18-12-8-9-15(21-2)16(10-12)22-3/h4-10H,1-3H3,(H,18,20). The smallest absolute Gasteiger partial charge is 0.162 e. The van der Waals surface area contributed by atoms with Crippen molar-refractivity contribution >= 4 is 22.3 Å². The van der Waals surface area contributed by atoms with Crippen molar-refractivity contribution in [1.82, 2.24) is 10.2 Å². The number of rotatable bonds is 4. The van der Waals surface area contributed by atoms with Crippen molar-refractivity contribution in [3.63, 3.8) is 0 Å². The molecule has 22 heavy (non-hydrogen) atoms. The number of hydrogen-bond acceptors (Lipinski definition) is 5. The van der Waals surface area contributed by atoms with Crippen LogP contribution < -0.4 is 14.8 Å². The van der Waals surface area contributed by atoms with E-state index in [9.17, 15) is 0 Å². The maximum absolute atomic E-state index is 5.32. The summed E-state index contributed by atoms with van der Waals surface area (Å²) in [7, 11) is 3.23. The van der Waals surface area contributed by atoms with Gasteiger partial charge in [-0.15, -0.1) is 5.10 Å². The van der Waals surface area contributed by atoms with Gasteiger partial charge in [0.25, 0.3) is 0 Å². The molecule has 0 bridgehead atoms. The van der Waals surface area contributed by atoms with E-state index >= 15 is 0 Å². The number of methoxy groups -OCH3 is 2. The van der Waals surface area contributed by atoms with Crippen LogP contribution in [0.1, 0.15) is 5.69 Å². The lowest BCUT2D eigenvalue weighted by atomic mass is 10.1. The van der Waals surface area contributed by atoms with Crippen LogP contribution in [0.5, 0.6) is 11.5 Å². The van der Waals surface area contributed by atoms with Crippen molar-refractivity contribution in [2.24, 2.45) is 0 Å². The molecule has 112 valence electrons. The molecular formula is C17H17N3O2. The molecule has 0 aliphatic rings. The molecule has 1 N–H and O–H groups in total. The average Bonchev–Trinajstić information content (AvgIpc) is 2.57. The van der Waals surface area contributed by atoms with Gasteiger partial charge in [-0.2, -0.15) is 5.10 Å². The maximum Gasteiger partial charge on any atom is 0.162 e. The molecule has 2 aromatic carbocycles. The van der Waals surface area contributed by atoms with Gasteiger partial charge in [0.05, 0.1) is 19.9 Å². The Balaban J connectivity index is 2.02. The van der Waals surface area contributed by atoms with Gasteiger partial charge in [-0.25, -0.2) is 0 Å². The zero-order valence-electron chi connectivity index (χ0n) is 12.8. The summed E-state index contributed by atoms with van der Waals surface area (Å²) in [5.74, 6) is 2.07. The van der Waals surface area contributed by atoms with Crippen LogP contribution in [0.25, 0.3) is 10.8 Å². The third-order valence-corrected chi connectivity index (χ3v) is 3.52. The van der Waals surface area contributed by atoms with Crippen LogP contribution in [-0.2, 0) is 0 Å². The fraction of sp³-hybridized carbons (Fsp3) is 0.176. The largest absolute Gasteiger partial charge is 0.493 e. The lowest BCUT2D eigenvalue weighted by Crippen LogP contribution is -1.99. The number of anilines is 2. The molecule has 0 radical (unpaired) electrons. The Morgan fingerprint density at radius 1 is 0.864 bits per heavy atom. The van der Waals surface area contributed by atoms with E-state index in [2.05, 4.69) is 15.5 Å². The average molecular weight is 295 g/mol. The molecule has 0 saturated carbocycles. The number of nitrogens with one attached hydrogen (secondary N) is 1. The third kappa shape index (κ3) is 2.53. The normalized spacial score (nSPS) is 10.5. The zero-order valence-corrected chi connectivity index (χ0v) is 12.8. The second kappa shape index (κ2) is 5.89. The van der Waals surface area contributed by atoms with Crippen molar-refractivity contribution in [3.8, 4) is 11.5 Å². The zero-order chi connectivity index (χ0) is 15.5. The lowest BCUT2D eigenvalue weighted by Gasteiger charge is -2.12. The minimum atomic E-state index is 0.664. The molecule has 0 spiro atoms. The van der Waals surface area contributed by atoms with Gasteiger partial charge in [-0.3, -0.25) is 0 Å². The van der Waals surface area contributed by atoms with E-state index in [1.165, 1.54) is 0 Å². The molecule has 5 heteroatoms. The van der Waals surface area contributed by atoms with E-state index in [1.54, 1.807) is 14.2 Å². The molecule has 1 aromatic heterocycles. The molecule has 0 fully saturated rings. The third-order valence-electron chi connectivity index (χ3n) is 3.52. The number of nitrogens with zero attached hydrogens (tertiary/aromatic N) is 2. The Kier molecular flexibility index (Phi) is 3.78. The Morgan fingerprint density at radius 3 is 2.32 bits per heavy atom. The molecule has 0 aliphatic heterocycles. The van der Waals surface area contributed by atoms with Crippen molar-refractivity contribution in [3.05, 3.63) is 48.2 Å². The van der Waals surface area contributed by atoms with Crippen LogP contribution in [0, 0.1) is 6.92 Å². The summed E-state index contributed by atoms with van der Waals surface area (Å²) < 4.78 is 10.6. The molecule has 0 unspecified atom stereocenters. The molecule has 0 atom stereocenters. The SMILES string of the molecule is COc1ccc(Nc2nnc(C)c3ccccc23)cc1OC. The van der Waals surface area contributed by atoms with Crippen molar-refractivity contribution in [2.75, 3.05) is 19.5 Å². The Hall–Kier alpha value is -2.82. The van der Waals surface area contributed by atoms with Gasteiger partial charge in [0.2, 0.25) is 0 Å². The highest BCUT2D eigenvalue weighted by atomic mass is 16.5. The second-order valence-corrected chi connectivity index (χ2v) is 4.87. The van der Waals surface area contributed by atoms with Crippen molar-refractivity contribution in [2.45, 2.75) is 6.92 Å². The molecule has 3 aromatic rings. The summed E-state index contributed by atoms with van der Waals surface area (Å²) in [4.78, 5) is 0. The first-order valence-electron chi connectivity index (χ1n) is 6.94. The van der Waals surface area contributed by atoms with Gasteiger partial charge in [-0.1, -0.05) is 24.3 Å². The summed E-state index contributed by atoms with van der Waals surface area (Å²) >= 11 is 0. The Bertz CT molecular complexity index is 818. The summed E-state index contributed by atoms with van der Waals surface area (Å²) in [6.07, 6.45) is 0. The molecular weight excluding hydrogens is 278 g/mol. The number of ether oxygens (including phenoxy) is 2. The Labute approximate surface area is 128 Å². The predicted octanol–water partition coefficient (Wildman–Crippen LogP) is 3.70. The summed E-state index contributed by atoms with van der Waals surface area (Å²) in [6, 6.07) is 13.7. The van der Waals surface area contributed by atoms with E-state index in [4.69, 9.17) is 9.47 Å². The number of hydrogen-bond donors (Lipinski definition) is 1. The molecule has 3 rings (SSSR count). The van der Waals surface area contributed by atoms with Crippen molar-refractivity contribution in [1.29, 1.82) is 0 Å². The highest BCUT2D eigenvalue weighted by molar-refractivity contribution is 5.94. The Morgan fingerprint density at radius 2 is 1.59 bits per heavy atom. The number of fused-ring (bicyclic) bond motifs is 1. The fourth-order valence-corrected chi connectivity index (χ4v) is 2.38. The van der Waals surface area contributed by atoms with Gasteiger partial charge in [0, 0.05) is 22.5 Å². The second-order valence-electron chi connectivity index (χ2n) is 4.87. The maximum atomic E-state index is 5.32. The van der Waals surface area contributed by atoms with E-state index in [-0.39, 0.29) is 0 Å². The molecule has 0 amide bonds. The topological polar surface area (TPSA) is 56.3 Å². The van der Waals surface area contributed by atoms with Crippen LogP contribution in [0.3, 0.4) is 0 Å². The van der Waals surface area contributed by atoms with Crippen LogP contribution in [-0.4, -0.2) is 24.4 Å². The first kappa shape index (κ1) is 14.1. The van der Waals surface area contributed by atoms with E-state index < -0.39 is 0 Å². The summed E-state index contributed by atoms with van der Waals surface area (Å²) in [5, 5.41) is 13.9. The van der Waals surface area contributed by atoms with E-state index in [0.717, 1.165) is 22.2 Å². The molecule has 0 saturated heterocycles. The highest BCUT2D eigenvalue weighted by Gasteiger charge is 2.09.